The van der Waals surface area contributed by atoms with E-state index in [0.717, 1.165) is 28.2 Å². The van der Waals surface area contributed by atoms with Gasteiger partial charge in [-0.1, -0.05) is 59.9 Å². The van der Waals surface area contributed by atoms with Gasteiger partial charge in [-0.2, -0.15) is 0 Å². The number of nitrogens with zero attached hydrogens (tertiary/aromatic N) is 4. The summed E-state index contributed by atoms with van der Waals surface area (Å²) in [5.74, 6) is 0. The second kappa shape index (κ2) is 8.42. The Hall–Kier alpha value is -2.88. The van der Waals surface area contributed by atoms with Crippen molar-refractivity contribution >= 4 is 44.0 Å². The quantitative estimate of drug-likeness (QED) is 0.626. The molecule has 0 amide bonds. The van der Waals surface area contributed by atoms with E-state index in [2.05, 4.69) is 15.2 Å². The van der Waals surface area contributed by atoms with Gasteiger partial charge in [0.05, 0.1) is 5.71 Å². The van der Waals surface area contributed by atoms with Crippen molar-refractivity contribution in [2.75, 3.05) is 19.0 Å². The number of anilines is 1. The molecule has 1 heterocycles. The smallest absolute Gasteiger partial charge is 0.267 e. The summed E-state index contributed by atoms with van der Waals surface area (Å²) in [4.78, 5) is 6.50. The molecule has 0 aliphatic heterocycles. The first-order valence-corrected chi connectivity index (χ1v) is 10.6. The minimum absolute atomic E-state index is 0.218. The number of primary sulfonamides is 1. The van der Waals surface area contributed by atoms with Gasteiger partial charge in [-0.15, -0.1) is 10.2 Å². The number of aromatic nitrogens is 2. The van der Waals surface area contributed by atoms with Crippen molar-refractivity contribution in [1.82, 2.24) is 10.2 Å². The van der Waals surface area contributed by atoms with Crippen molar-refractivity contribution in [2.45, 2.75) is 4.34 Å². The Kier molecular flexibility index (Phi) is 5.98. The first-order chi connectivity index (χ1) is 13.3. The molecule has 0 spiro atoms. The monoisotopic (exact) mass is 413 g/mol. The normalized spacial score (nSPS) is 12.5. The van der Waals surface area contributed by atoms with Gasteiger partial charge in [-0.25, -0.2) is 18.5 Å². The van der Waals surface area contributed by atoms with Gasteiger partial charge in [-0.3, -0.25) is 0 Å². The fourth-order valence-electron chi connectivity index (χ4n) is 2.33. The lowest BCUT2D eigenvalue weighted by atomic mass is 10.1. The van der Waals surface area contributed by atoms with Crippen molar-refractivity contribution in [3.05, 3.63) is 71.8 Å². The topological polar surface area (TPSA) is 102 Å². The van der Waals surface area contributed by atoms with Gasteiger partial charge in [0.2, 0.25) is 9.47 Å². The summed E-state index contributed by atoms with van der Waals surface area (Å²) in [6.45, 7) is 0. The van der Waals surface area contributed by atoms with Crippen LogP contribution in [-0.4, -0.2) is 38.4 Å². The third-order valence-electron chi connectivity index (χ3n) is 3.77. The standard InChI is InChI=1S/C19H19N5O2S2/c1-24(2)16-11-8-14(9-12-16)10-13-17(15-6-4-3-5-7-15)21-18-22-23-19(27-18)28(20,25)26/h3-13H,1-2H3,(H2,20,25,26)/b13-10+,21-17?. The zero-order chi connectivity index (χ0) is 20.1. The number of benzene rings is 2. The summed E-state index contributed by atoms with van der Waals surface area (Å²) >= 11 is 0.828. The summed E-state index contributed by atoms with van der Waals surface area (Å²) in [6, 6.07) is 17.6. The zero-order valence-corrected chi connectivity index (χ0v) is 17.0. The molecule has 3 aromatic rings. The van der Waals surface area contributed by atoms with Gasteiger partial charge in [0.1, 0.15) is 0 Å². The number of allylic oxidation sites excluding steroid dienone is 1. The Balaban J connectivity index is 1.95. The molecule has 0 aliphatic rings. The van der Waals surface area contributed by atoms with Crippen molar-refractivity contribution in [3.8, 4) is 0 Å². The Morgan fingerprint density at radius 1 is 1.07 bits per heavy atom. The molecular formula is C19H19N5O2S2. The molecule has 144 valence electrons. The Morgan fingerprint density at radius 3 is 2.32 bits per heavy atom. The van der Waals surface area contributed by atoms with Gasteiger partial charge in [0.15, 0.2) is 0 Å². The molecule has 2 N–H and O–H groups in total. The molecule has 2 aromatic carbocycles. The molecule has 0 radical (unpaired) electrons. The number of hydrogen-bond donors (Lipinski definition) is 1. The van der Waals surface area contributed by atoms with E-state index in [0.29, 0.717) is 5.71 Å². The van der Waals surface area contributed by atoms with Crippen LogP contribution in [0.3, 0.4) is 0 Å². The Labute approximate surface area is 167 Å². The lowest BCUT2D eigenvalue weighted by molar-refractivity contribution is 0.596. The van der Waals surface area contributed by atoms with E-state index in [1.165, 1.54) is 0 Å². The highest BCUT2D eigenvalue weighted by Crippen LogP contribution is 2.23. The fourth-order valence-corrected chi connectivity index (χ4v) is 3.64. The third kappa shape index (κ3) is 5.10. The van der Waals surface area contributed by atoms with Crippen LogP contribution in [0.4, 0.5) is 10.8 Å². The van der Waals surface area contributed by atoms with E-state index < -0.39 is 10.0 Å². The van der Waals surface area contributed by atoms with E-state index in [9.17, 15) is 8.42 Å². The van der Waals surface area contributed by atoms with Crippen LogP contribution < -0.4 is 10.0 Å². The lowest BCUT2D eigenvalue weighted by Gasteiger charge is -2.11. The van der Waals surface area contributed by atoms with Crippen molar-refractivity contribution < 1.29 is 8.42 Å². The largest absolute Gasteiger partial charge is 0.378 e. The van der Waals surface area contributed by atoms with Crippen molar-refractivity contribution in [1.29, 1.82) is 0 Å². The van der Waals surface area contributed by atoms with Crippen LogP contribution in [-0.2, 0) is 10.0 Å². The van der Waals surface area contributed by atoms with Crippen LogP contribution in [0.25, 0.3) is 6.08 Å². The number of sulfonamides is 1. The molecule has 0 saturated carbocycles. The number of rotatable bonds is 6. The van der Waals surface area contributed by atoms with Gasteiger partial charge in [0.25, 0.3) is 10.0 Å². The maximum Gasteiger partial charge on any atom is 0.267 e. The van der Waals surface area contributed by atoms with E-state index in [4.69, 9.17) is 5.14 Å². The molecule has 0 saturated heterocycles. The molecule has 28 heavy (non-hydrogen) atoms. The number of nitrogens with two attached hydrogens (primary N) is 1. The second-order valence-corrected chi connectivity index (χ2v) is 8.77. The summed E-state index contributed by atoms with van der Waals surface area (Å²) in [6.07, 6.45) is 3.80. The Bertz CT molecular complexity index is 1100. The molecular weight excluding hydrogens is 394 g/mol. The molecule has 9 heteroatoms. The lowest BCUT2D eigenvalue weighted by Crippen LogP contribution is -2.11. The highest BCUT2D eigenvalue weighted by atomic mass is 32.2. The number of hydrogen-bond acceptors (Lipinski definition) is 7. The van der Waals surface area contributed by atoms with Gasteiger partial charge in [-0.05, 0) is 23.8 Å². The van der Waals surface area contributed by atoms with Crippen LogP contribution in [0.1, 0.15) is 11.1 Å². The minimum atomic E-state index is -3.90. The molecule has 7 nitrogen and oxygen atoms in total. The predicted octanol–water partition coefficient (Wildman–Crippen LogP) is 3.09. The summed E-state index contributed by atoms with van der Waals surface area (Å²) in [7, 11) is 0.0827. The summed E-state index contributed by atoms with van der Waals surface area (Å²) in [5.41, 5.74) is 3.63. The molecule has 0 unspecified atom stereocenters. The van der Waals surface area contributed by atoms with E-state index in [1.54, 1.807) is 0 Å². The van der Waals surface area contributed by atoms with Gasteiger partial charge < -0.3 is 4.90 Å². The molecule has 3 rings (SSSR count). The zero-order valence-electron chi connectivity index (χ0n) is 15.4. The molecule has 0 fully saturated rings. The van der Waals surface area contributed by atoms with Crippen molar-refractivity contribution in [3.63, 3.8) is 0 Å². The molecule has 0 bridgehead atoms. The maximum atomic E-state index is 11.4. The van der Waals surface area contributed by atoms with Crippen LogP contribution in [0.5, 0.6) is 0 Å². The fraction of sp³-hybridized carbons (Fsp3) is 0.105. The average molecular weight is 414 g/mol. The second-order valence-electron chi connectivity index (χ2n) is 6.08. The number of aliphatic imine (C=N–C) groups is 1. The Morgan fingerprint density at radius 2 is 1.75 bits per heavy atom. The molecule has 0 aliphatic carbocycles. The maximum absolute atomic E-state index is 11.4. The van der Waals surface area contributed by atoms with Crippen molar-refractivity contribution in [2.24, 2.45) is 10.1 Å². The van der Waals surface area contributed by atoms with Crippen LogP contribution >= 0.6 is 11.3 Å². The van der Waals surface area contributed by atoms with Gasteiger partial charge >= 0.3 is 0 Å². The van der Waals surface area contributed by atoms with E-state index >= 15 is 0 Å². The highest BCUT2D eigenvalue weighted by molar-refractivity contribution is 7.91. The first-order valence-electron chi connectivity index (χ1n) is 8.29. The van der Waals surface area contributed by atoms with Gasteiger partial charge in [0, 0.05) is 25.3 Å². The SMILES string of the molecule is CN(C)c1ccc(/C=C/C(=Nc2nnc(S(N)(=O)=O)s2)c2ccccc2)cc1. The third-order valence-corrected chi connectivity index (χ3v) is 5.90. The van der Waals surface area contributed by atoms with E-state index in [1.807, 2.05) is 85.7 Å². The minimum Gasteiger partial charge on any atom is -0.378 e. The molecule has 1 aromatic heterocycles. The first kappa shape index (κ1) is 19.9. The predicted molar refractivity (Wildman–Crippen MR) is 114 cm³/mol. The summed E-state index contributed by atoms with van der Waals surface area (Å²) in [5, 5.41) is 12.7. The summed E-state index contributed by atoms with van der Waals surface area (Å²) < 4.78 is 22.6. The van der Waals surface area contributed by atoms with Crippen LogP contribution in [0, 0.1) is 0 Å². The molecule has 0 atom stereocenters. The average Bonchev–Trinajstić information content (AvgIpc) is 3.15. The van der Waals surface area contributed by atoms with Crippen LogP contribution in [0.2, 0.25) is 0 Å². The highest BCUT2D eigenvalue weighted by Gasteiger charge is 2.15. The van der Waals surface area contributed by atoms with E-state index in [-0.39, 0.29) is 9.47 Å². The van der Waals surface area contributed by atoms with Crippen LogP contribution in [0.15, 0.2) is 70.0 Å².